The van der Waals surface area contributed by atoms with Crippen LogP contribution >= 0.6 is 22.6 Å². The minimum Gasteiger partial charge on any atom is -0.434 e. The van der Waals surface area contributed by atoms with E-state index in [2.05, 4.69) is 29.5 Å². The van der Waals surface area contributed by atoms with Gasteiger partial charge in [-0.1, -0.05) is 48.8 Å². The van der Waals surface area contributed by atoms with Crippen LogP contribution in [0.4, 0.5) is 0 Å². The van der Waals surface area contributed by atoms with Gasteiger partial charge in [0.15, 0.2) is 0 Å². The van der Waals surface area contributed by atoms with E-state index in [-0.39, 0.29) is 27.7 Å². The molecule has 1 aliphatic carbocycles. The van der Waals surface area contributed by atoms with Gasteiger partial charge in [0.05, 0.1) is 6.10 Å². The number of carbonyl (C=O) groups is 1. The molecule has 2 rings (SSSR count). The molecule has 0 amide bonds. The van der Waals surface area contributed by atoms with Crippen LogP contribution in [0.1, 0.15) is 58.8 Å². The number of halogens is 1. The first-order chi connectivity index (χ1) is 8.57. The molecule has 1 heterocycles. The lowest BCUT2D eigenvalue weighted by Crippen LogP contribution is -2.38. The third-order valence-corrected chi connectivity index (χ3v) is 5.63. The fourth-order valence-electron chi connectivity index (χ4n) is 3.27. The Kier molecular flexibility index (Phi) is 4.92. The largest absolute Gasteiger partial charge is 0.434 e. The maximum atomic E-state index is 12.0. The lowest BCUT2D eigenvalue weighted by atomic mass is 9.71. The van der Waals surface area contributed by atoms with Crippen molar-refractivity contribution in [1.82, 2.24) is 0 Å². The number of alkyl halides is 1. The van der Waals surface area contributed by atoms with E-state index in [9.17, 15) is 4.79 Å². The van der Waals surface area contributed by atoms with Gasteiger partial charge in [-0.15, -0.1) is 0 Å². The van der Waals surface area contributed by atoms with Crippen molar-refractivity contribution in [2.75, 3.05) is 0 Å². The molecule has 0 aromatic rings. The Hall–Kier alpha value is 0.160. The van der Waals surface area contributed by atoms with E-state index in [0.717, 1.165) is 25.7 Å². The summed E-state index contributed by atoms with van der Waals surface area (Å²) in [7, 11) is 0. The summed E-state index contributed by atoms with van der Waals surface area (Å²) in [5, 5.41) is 0. The van der Waals surface area contributed by atoms with Gasteiger partial charge >= 0.3 is 5.97 Å². The molecule has 1 aliphatic heterocycles. The Morgan fingerprint density at radius 1 is 1.44 bits per heavy atom. The summed E-state index contributed by atoms with van der Waals surface area (Å²) in [5.41, 5.74) is 0.109. The average Bonchev–Trinajstić information content (AvgIpc) is 2.65. The van der Waals surface area contributed by atoms with E-state index in [1.54, 1.807) is 0 Å². The summed E-state index contributed by atoms with van der Waals surface area (Å²) < 4.78 is 11.5. The van der Waals surface area contributed by atoms with Crippen molar-refractivity contribution in [2.45, 2.75) is 75.1 Å². The van der Waals surface area contributed by atoms with Crippen molar-refractivity contribution in [1.29, 1.82) is 0 Å². The fourth-order valence-corrected chi connectivity index (χ4v) is 3.41. The maximum absolute atomic E-state index is 12.0. The van der Waals surface area contributed by atoms with Crippen molar-refractivity contribution < 1.29 is 14.3 Å². The predicted octanol–water partition coefficient (Wildman–Crippen LogP) is 3.83. The second-order valence-corrected chi connectivity index (χ2v) is 7.22. The molecule has 3 unspecified atom stereocenters. The Labute approximate surface area is 123 Å². The molecule has 0 radical (unpaired) electrons. The normalized spacial score (nSPS) is 32.4. The molecule has 1 saturated heterocycles. The first kappa shape index (κ1) is 14.6. The van der Waals surface area contributed by atoms with Crippen LogP contribution in [-0.2, 0) is 14.3 Å². The summed E-state index contributed by atoms with van der Waals surface area (Å²) in [6, 6.07) is 0. The van der Waals surface area contributed by atoms with Gasteiger partial charge < -0.3 is 9.47 Å². The Morgan fingerprint density at radius 2 is 2.11 bits per heavy atom. The molecule has 2 aliphatic rings. The summed E-state index contributed by atoms with van der Waals surface area (Å²) in [4.78, 5) is 12.0. The number of hydrogen-bond donors (Lipinski definition) is 0. The molecule has 1 spiro atoms. The van der Waals surface area contributed by atoms with E-state index in [0.29, 0.717) is 0 Å². The van der Waals surface area contributed by atoms with Gasteiger partial charge in [-0.3, -0.25) is 4.79 Å². The van der Waals surface area contributed by atoms with Crippen LogP contribution in [0, 0.1) is 5.41 Å². The molecular weight excluding hydrogens is 343 g/mol. The van der Waals surface area contributed by atoms with Crippen molar-refractivity contribution >= 4 is 28.6 Å². The maximum Gasteiger partial charge on any atom is 0.321 e. The van der Waals surface area contributed by atoms with Crippen molar-refractivity contribution in [3.05, 3.63) is 0 Å². The summed E-state index contributed by atoms with van der Waals surface area (Å²) in [5.74, 6) is -0.109. The van der Waals surface area contributed by atoms with Gasteiger partial charge in [-0.2, -0.15) is 0 Å². The zero-order valence-electron chi connectivity index (χ0n) is 11.3. The minimum absolute atomic E-state index is 0.0530. The molecule has 4 heteroatoms. The molecule has 0 N–H and O–H groups in total. The van der Waals surface area contributed by atoms with Crippen LogP contribution in [-0.4, -0.2) is 22.3 Å². The van der Waals surface area contributed by atoms with Crippen LogP contribution in [0.25, 0.3) is 0 Å². The van der Waals surface area contributed by atoms with Crippen LogP contribution in [0.5, 0.6) is 0 Å². The number of hydrogen-bond acceptors (Lipinski definition) is 3. The van der Waals surface area contributed by atoms with E-state index >= 15 is 0 Å². The second kappa shape index (κ2) is 6.07. The average molecular weight is 366 g/mol. The first-order valence-electron chi connectivity index (χ1n) is 7.07. The number of esters is 1. The second-order valence-electron chi connectivity index (χ2n) is 5.72. The molecule has 2 fully saturated rings. The monoisotopic (exact) mass is 366 g/mol. The highest BCUT2D eigenvalue weighted by Crippen LogP contribution is 2.49. The molecule has 0 aromatic carbocycles. The highest BCUT2D eigenvalue weighted by Gasteiger charge is 2.50. The topological polar surface area (TPSA) is 35.5 Å². The van der Waals surface area contributed by atoms with Gasteiger partial charge in [-0.25, -0.2) is 0 Å². The SMILES string of the molecule is CCC(I)C(=O)OC1OC(C)CC12CCCCC2. The fraction of sp³-hybridized carbons (Fsp3) is 0.929. The molecule has 104 valence electrons. The zero-order chi connectivity index (χ0) is 13.2. The Balaban J connectivity index is 2.03. The van der Waals surface area contributed by atoms with Gasteiger partial charge in [0.25, 0.3) is 0 Å². The van der Waals surface area contributed by atoms with Crippen molar-refractivity contribution in [2.24, 2.45) is 5.41 Å². The molecular formula is C14H23IO3. The van der Waals surface area contributed by atoms with Crippen LogP contribution in [0.3, 0.4) is 0 Å². The highest BCUT2D eigenvalue weighted by molar-refractivity contribution is 14.1. The summed E-state index contributed by atoms with van der Waals surface area (Å²) >= 11 is 2.15. The summed E-state index contributed by atoms with van der Waals surface area (Å²) in [6.07, 6.45) is 7.86. The van der Waals surface area contributed by atoms with Gasteiger partial charge in [0, 0.05) is 5.41 Å². The highest BCUT2D eigenvalue weighted by atomic mass is 127. The van der Waals surface area contributed by atoms with Crippen molar-refractivity contribution in [3.8, 4) is 0 Å². The van der Waals surface area contributed by atoms with Gasteiger partial charge in [-0.05, 0) is 32.6 Å². The van der Waals surface area contributed by atoms with Crippen LogP contribution in [0.2, 0.25) is 0 Å². The lowest BCUT2D eigenvalue weighted by molar-refractivity contribution is -0.194. The lowest BCUT2D eigenvalue weighted by Gasteiger charge is -2.36. The quantitative estimate of drug-likeness (QED) is 0.433. The number of carbonyl (C=O) groups excluding carboxylic acids is 1. The van der Waals surface area contributed by atoms with Crippen LogP contribution in [0.15, 0.2) is 0 Å². The first-order valence-corrected chi connectivity index (χ1v) is 8.32. The molecule has 3 atom stereocenters. The zero-order valence-corrected chi connectivity index (χ0v) is 13.4. The van der Waals surface area contributed by atoms with Crippen LogP contribution < -0.4 is 0 Å². The minimum atomic E-state index is -0.302. The third-order valence-electron chi connectivity index (χ3n) is 4.24. The summed E-state index contributed by atoms with van der Waals surface area (Å²) in [6.45, 7) is 4.10. The number of rotatable bonds is 3. The smallest absolute Gasteiger partial charge is 0.321 e. The Morgan fingerprint density at radius 3 is 2.72 bits per heavy atom. The van der Waals surface area contributed by atoms with E-state index in [1.165, 1.54) is 19.3 Å². The molecule has 0 bridgehead atoms. The Bertz CT molecular complexity index is 299. The molecule has 18 heavy (non-hydrogen) atoms. The van der Waals surface area contributed by atoms with E-state index in [4.69, 9.17) is 9.47 Å². The molecule has 1 saturated carbocycles. The predicted molar refractivity (Wildman–Crippen MR) is 78.7 cm³/mol. The standard InChI is InChI=1S/C14H23IO3/c1-3-11(15)12(16)18-13-14(9-10(2)17-13)7-5-4-6-8-14/h10-11,13H,3-9H2,1-2H3. The van der Waals surface area contributed by atoms with E-state index < -0.39 is 0 Å². The van der Waals surface area contributed by atoms with Gasteiger partial charge in [0.1, 0.15) is 3.92 Å². The van der Waals surface area contributed by atoms with Crippen molar-refractivity contribution in [3.63, 3.8) is 0 Å². The van der Waals surface area contributed by atoms with Gasteiger partial charge in [0.2, 0.25) is 6.29 Å². The number of ether oxygens (including phenoxy) is 2. The van der Waals surface area contributed by atoms with E-state index in [1.807, 2.05) is 6.92 Å². The third kappa shape index (κ3) is 3.00. The molecule has 0 aromatic heterocycles. The molecule has 3 nitrogen and oxygen atoms in total.